The zero-order chi connectivity index (χ0) is 11.2. The Hall–Kier alpha value is -0.940. The van der Waals surface area contributed by atoms with Crippen molar-refractivity contribution in [3.05, 3.63) is 12.7 Å². The number of nitrogens with zero attached hydrogens (tertiary/aromatic N) is 4. The molecule has 1 saturated heterocycles. The molecule has 0 saturated carbocycles. The first kappa shape index (κ1) is 11.5. The molecule has 2 heterocycles. The van der Waals surface area contributed by atoms with Crippen molar-refractivity contribution in [2.45, 2.75) is 19.4 Å². The number of hydrogen-bond acceptors (Lipinski definition) is 4. The topological polar surface area (TPSA) is 46.0 Å². The molecule has 0 spiro atoms. The fourth-order valence-electron chi connectivity index (χ4n) is 2.40. The molecule has 0 bridgehead atoms. The zero-order valence-corrected chi connectivity index (χ0v) is 9.97. The van der Waals surface area contributed by atoms with Gasteiger partial charge in [0.15, 0.2) is 0 Å². The molecule has 0 aliphatic carbocycles. The molecule has 1 aromatic rings. The molecule has 2 rings (SSSR count). The standard InChI is InChI=1S/C11H21N5/c1-12-7-11-3-2-4-15(8-11)5-6-16-10-13-9-14-16/h9-12H,2-8H2,1H3. The average molecular weight is 223 g/mol. The van der Waals surface area contributed by atoms with Gasteiger partial charge in [0, 0.05) is 13.1 Å². The third-order valence-electron chi connectivity index (χ3n) is 3.21. The lowest BCUT2D eigenvalue weighted by Crippen LogP contribution is -2.40. The van der Waals surface area contributed by atoms with Gasteiger partial charge in [-0.15, -0.1) is 0 Å². The molecule has 1 aliphatic rings. The summed E-state index contributed by atoms with van der Waals surface area (Å²) in [5.74, 6) is 0.814. The minimum Gasteiger partial charge on any atom is -0.319 e. The van der Waals surface area contributed by atoms with Crippen LogP contribution >= 0.6 is 0 Å². The van der Waals surface area contributed by atoms with Gasteiger partial charge in [0.05, 0.1) is 6.54 Å². The highest BCUT2D eigenvalue weighted by Gasteiger charge is 2.18. The van der Waals surface area contributed by atoms with E-state index in [-0.39, 0.29) is 0 Å². The van der Waals surface area contributed by atoms with Gasteiger partial charge in [0.25, 0.3) is 0 Å². The Morgan fingerprint density at radius 1 is 1.44 bits per heavy atom. The van der Waals surface area contributed by atoms with Crippen molar-refractivity contribution in [2.24, 2.45) is 5.92 Å². The summed E-state index contributed by atoms with van der Waals surface area (Å²) in [5.41, 5.74) is 0. The largest absolute Gasteiger partial charge is 0.319 e. The van der Waals surface area contributed by atoms with Crippen LogP contribution in [0.25, 0.3) is 0 Å². The van der Waals surface area contributed by atoms with E-state index in [1.807, 2.05) is 11.7 Å². The third-order valence-corrected chi connectivity index (χ3v) is 3.21. The van der Waals surface area contributed by atoms with E-state index < -0.39 is 0 Å². The van der Waals surface area contributed by atoms with E-state index in [0.717, 1.165) is 25.6 Å². The Labute approximate surface area is 96.8 Å². The minimum atomic E-state index is 0.814. The maximum atomic E-state index is 4.12. The summed E-state index contributed by atoms with van der Waals surface area (Å²) in [6.45, 7) is 5.63. The van der Waals surface area contributed by atoms with Gasteiger partial charge in [-0.05, 0) is 38.9 Å². The molecule has 1 fully saturated rings. The molecule has 1 atom stereocenters. The van der Waals surface area contributed by atoms with Gasteiger partial charge < -0.3 is 10.2 Å². The van der Waals surface area contributed by atoms with Gasteiger partial charge in [0.1, 0.15) is 12.7 Å². The van der Waals surface area contributed by atoms with Gasteiger partial charge in [-0.3, -0.25) is 4.68 Å². The summed E-state index contributed by atoms with van der Waals surface area (Å²) in [6, 6.07) is 0. The number of aromatic nitrogens is 3. The summed E-state index contributed by atoms with van der Waals surface area (Å²) in [4.78, 5) is 6.49. The lowest BCUT2D eigenvalue weighted by atomic mass is 9.98. The Morgan fingerprint density at radius 2 is 2.38 bits per heavy atom. The highest BCUT2D eigenvalue weighted by molar-refractivity contribution is 4.74. The summed E-state index contributed by atoms with van der Waals surface area (Å²) in [7, 11) is 2.04. The maximum Gasteiger partial charge on any atom is 0.137 e. The molecule has 1 aliphatic heterocycles. The molecule has 0 radical (unpaired) electrons. The number of likely N-dealkylation sites (tertiary alicyclic amines) is 1. The molecule has 0 aromatic carbocycles. The van der Waals surface area contributed by atoms with Crippen molar-refractivity contribution in [1.82, 2.24) is 25.0 Å². The second kappa shape index (κ2) is 5.96. The van der Waals surface area contributed by atoms with E-state index in [4.69, 9.17) is 0 Å². The summed E-state index contributed by atoms with van der Waals surface area (Å²) in [6.07, 6.45) is 6.07. The number of rotatable bonds is 5. The van der Waals surface area contributed by atoms with Crippen LogP contribution in [0, 0.1) is 5.92 Å². The first-order valence-corrected chi connectivity index (χ1v) is 6.08. The molecule has 5 heteroatoms. The highest BCUT2D eigenvalue weighted by Crippen LogP contribution is 2.15. The minimum absolute atomic E-state index is 0.814. The molecule has 1 N–H and O–H groups in total. The fourth-order valence-corrected chi connectivity index (χ4v) is 2.40. The zero-order valence-electron chi connectivity index (χ0n) is 9.97. The van der Waals surface area contributed by atoms with Gasteiger partial charge in [-0.2, -0.15) is 5.10 Å². The second-order valence-corrected chi connectivity index (χ2v) is 4.53. The third kappa shape index (κ3) is 3.28. The first-order chi connectivity index (χ1) is 7.88. The van der Waals surface area contributed by atoms with Crippen LogP contribution < -0.4 is 5.32 Å². The van der Waals surface area contributed by atoms with E-state index in [2.05, 4.69) is 20.3 Å². The number of hydrogen-bond donors (Lipinski definition) is 1. The van der Waals surface area contributed by atoms with E-state index in [1.54, 1.807) is 12.7 Å². The number of piperidine rings is 1. The van der Waals surface area contributed by atoms with E-state index in [0.29, 0.717) is 0 Å². The highest BCUT2D eigenvalue weighted by atomic mass is 15.3. The Bertz CT molecular complexity index is 283. The molecule has 1 unspecified atom stereocenters. The van der Waals surface area contributed by atoms with Crippen molar-refractivity contribution >= 4 is 0 Å². The van der Waals surface area contributed by atoms with E-state index >= 15 is 0 Å². The van der Waals surface area contributed by atoms with E-state index in [1.165, 1.54) is 25.9 Å². The first-order valence-electron chi connectivity index (χ1n) is 6.08. The van der Waals surface area contributed by atoms with Crippen LogP contribution in [0.5, 0.6) is 0 Å². The molecule has 0 amide bonds. The smallest absolute Gasteiger partial charge is 0.137 e. The lowest BCUT2D eigenvalue weighted by molar-refractivity contribution is 0.167. The van der Waals surface area contributed by atoms with Crippen molar-refractivity contribution in [3.8, 4) is 0 Å². The summed E-state index contributed by atoms with van der Waals surface area (Å²) >= 11 is 0. The Kier molecular flexibility index (Phi) is 4.30. The lowest BCUT2D eigenvalue weighted by Gasteiger charge is -2.32. The van der Waals surface area contributed by atoms with Gasteiger partial charge >= 0.3 is 0 Å². The summed E-state index contributed by atoms with van der Waals surface area (Å²) < 4.78 is 1.90. The molecule has 5 nitrogen and oxygen atoms in total. The van der Waals surface area contributed by atoms with Crippen molar-refractivity contribution in [3.63, 3.8) is 0 Å². The average Bonchev–Trinajstić information content (AvgIpc) is 2.80. The molecular weight excluding hydrogens is 202 g/mol. The van der Waals surface area contributed by atoms with Gasteiger partial charge in [0.2, 0.25) is 0 Å². The van der Waals surface area contributed by atoms with Crippen molar-refractivity contribution in [2.75, 3.05) is 33.2 Å². The summed E-state index contributed by atoms with van der Waals surface area (Å²) in [5, 5.41) is 7.40. The second-order valence-electron chi connectivity index (χ2n) is 4.53. The quantitative estimate of drug-likeness (QED) is 0.775. The maximum absolute atomic E-state index is 4.12. The van der Waals surface area contributed by atoms with Gasteiger partial charge in [-0.1, -0.05) is 0 Å². The van der Waals surface area contributed by atoms with Crippen LogP contribution in [0.1, 0.15) is 12.8 Å². The SMILES string of the molecule is CNCC1CCCN(CCn2cncn2)C1. The van der Waals surface area contributed by atoms with Crippen LogP contribution in [0.4, 0.5) is 0 Å². The van der Waals surface area contributed by atoms with Crippen molar-refractivity contribution in [1.29, 1.82) is 0 Å². The van der Waals surface area contributed by atoms with Crippen LogP contribution in [0.2, 0.25) is 0 Å². The number of nitrogens with one attached hydrogen (secondary N) is 1. The molecule has 16 heavy (non-hydrogen) atoms. The van der Waals surface area contributed by atoms with Crippen LogP contribution in [0.15, 0.2) is 12.7 Å². The predicted molar refractivity (Wildman–Crippen MR) is 63.1 cm³/mol. The fraction of sp³-hybridized carbons (Fsp3) is 0.818. The Balaban J connectivity index is 1.72. The predicted octanol–water partition coefficient (Wildman–Crippen LogP) is 0.210. The van der Waals surface area contributed by atoms with Crippen molar-refractivity contribution < 1.29 is 0 Å². The molecule has 90 valence electrons. The van der Waals surface area contributed by atoms with Gasteiger partial charge in [-0.25, -0.2) is 4.98 Å². The molecular formula is C11H21N5. The van der Waals surface area contributed by atoms with Crippen LogP contribution in [-0.2, 0) is 6.54 Å². The Morgan fingerprint density at radius 3 is 3.12 bits per heavy atom. The normalized spacial score (nSPS) is 22.4. The van der Waals surface area contributed by atoms with Crippen LogP contribution in [0.3, 0.4) is 0 Å². The van der Waals surface area contributed by atoms with Crippen LogP contribution in [-0.4, -0.2) is 52.9 Å². The monoisotopic (exact) mass is 223 g/mol. The molecule has 1 aromatic heterocycles. The van der Waals surface area contributed by atoms with E-state index in [9.17, 15) is 0 Å².